The maximum absolute atomic E-state index is 6.97. The zero-order valence-corrected chi connectivity index (χ0v) is 36.1. The lowest BCUT2D eigenvalue weighted by atomic mass is 9.29. The van der Waals surface area contributed by atoms with Gasteiger partial charge in [-0.15, -0.1) is 0 Å². The Kier molecular flexibility index (Phi) is 12.5. The van der Waals surface area contributed by atoms with Crippen LogP contribution in [0.4, 0.5) is 0 Å². The van der Waals surface area contributed by atoms with Crippen molar-refractivity contribution in [2.45, 2.75) is 111 Å². The summed E-state index contributed by atoms with van der Waals surface area (Å²) >= 11 is 0. The van der Waals surface area contributed by atoms with Crippen LogP contribution >= 0.6 is 0 Å². The van der Waals surface area contributed by atoms with Gasteiger partial charge in [0, 0.05) is 14.2 Å². The van der Waals surface area contributed by atoms with Gasteiger partial charge in [-0.1, -0.05) is 60.7 Å². The van der Waals surface area contributed by atoms with Gasteiger partial charge in [0.05, 0.1) is 116 Å². The number of hydrogen-bond acceptors (Lipinski definition) is 17. The fourth-order valence-electron chi connectivity index (χ4n) is 12.2. The quantitative estimate of drug-likeness (QED) is 0.115. The van der Waals surface area contributed by atoms with Crippen molar-refractivity contribution in [2.24, 2.45) is 17.8 Å². The minimum absolute atomic E-state index is 0.0228. The molecule has 0 N–H and O–H groups in total. The van der Waals surface area contributed by atoms with Gasteiger partial charge in [-0.25, -0.2) is 0 Å². The van der Waals surface area contributed by atoms with E-state index in [0.717, 1.165) is 11.1 Å². The van der Waals surface area contributed by atoms with Crippen molar-refractivity contribution in [3.05, 3.63) is 71.8 Å². The molecular weight excluding hydrogens is 824 g/mol. The third-order valence-corrected chi connectivity index (χ3v) is 14.6. The third-order valence-electron chi connectivity index (χ3n) is 14.6. The average Bonchev–Trinajstić information content (AvgIpc) is 3.61. The van der Waals surface area contributed by atoms with Gasteiger partial charge in [0.2, 0.25) is 0 Å². The highest BCUT2D eigenvalue weighted by Gasteiger charge is 2.99. The smallest absolute Gasteiger partial charge is 0.273 e. The van der Waals surface area contributed by atoms with Gasteiger partial charge in [-0.3, -0.25) is 0 Å². The molecule has 17 nitrogen and oxygen atoms in total. The van der Waals surface area contributed by atoms with Crippen LogP contribution in [0.15, 0.2) is 60.7 Å². The zero-order valence-electron chi connectivity index (χ0n) is 36.1. The van der Waals surface area contributed by atoms with E-state index in [4.69, 9.17) is 80.5 Å². The van der Waals surface area contributed by atoms with E-state index in [9.17, 15) is 0 Å². The number of hydrogen-bond donors (Lipinski definition) is 0. The second-order valence-corrected chi connectivity index (χ2v) is 17.8. The SMILES string of the molecule is COCCOCCOC1[C@H]2OC3OC4C2C1(OCCOCCOC)C(O3)[C@@H]4OCCO[C@H](C)CO[C@H]1C2OC3O[C@@H]4C5C2(O3)C1C5(OCc1ccccc1)[C@H]4OCc1ccccc1. The van der Waals surface area contributed by atoms with Gasteiger partial charge in [0.25, 0.3) is 13.0 Å². The molecule has 0 aromatic heterocycles. The van der Waals surface area contributed by atoms with Crippen LogP contribution in [-0.4, -0.2) is 178 Å². The van der Waals surface area contributed by atoms with Crippen molar-refractivity contribution in [1.29, 1.82) is 0 Å². The van der Waals surface area contributed by atoms with Crippen molar-refractivity contribution in [3.63, 3.8) is 0 Å². The van der Waals surface area contributed by atoms with Gasteiger partial charge in [0.15, 0.2) is 0 Å². The molecule has 2 aromatic rings. The Morgan fingerprint density at radius 3 is 1.95 bits per heavy atom. The number of ether oxygens (including phenoxy) is 17. The zero-order chi connectivity index (χ0) is 42.6. The lowest BCUT2D eigenvalue weighted by Crippen LogP contribution is -3.01. The molecule has 346 valence electrons. The fourth-order valence-corrected chi connectivity index (χ4v) is 12.2. The molecule has 1 spiro atoms. The molecule has 9 fully saturated rings. The van der Waals surface area contributed by atoms with Crippen molar-refractivity contribution < 1.29 is 80.5 Å². The Hall–Kier alpha value is -2.24. The van der Waals surface area contributed by atoms with Crippen LogP contribution in [-0.2, 0) is 93.7 Å². The molecule has 18 atom stereocenters. The van der Waals surface area contributed by atoms with Gasteiger partial charge < -0.3 is 80.5 Å². The summed E-state index contributed by atoms with van der Waals surface area (Å²) in [4.78, 5) is 0. The summed E-state index contributed by atoms with van der Waals surface area (Å²) in [7, 11) is 3.29. The highest BCUT2D eigenvalue weighted by molar-refractivity contribution is 5.45. The largest absolute Gasteiger partial charge is 0.382 e. The number of fused-ring (bicyclic) bond motifs is 5. The van der Waals surface area contributed by atoms with Gasteiger partial charge in [-0.2, -0.15) is 0 Å². The highest BCUT2D eigenvalue weighted by Crippen LogP contribution is 2.80. The summed E-state index contributed by atoms with van der Waals surface area (Å²) in [5, 5.41) is 0. The molecule has 5 saturated carbocycles. The second-order valence-electron chi connectivity index (χ2n) is 17.8. The van der Waals surface area contributed by atoms with Crippen LogP contribution < -0.4 is 0 Å². The van der Waals surface area contributed by atoms with E-state index in [1.807, 2.05) is 43.3 Å². The molecular formula is C46H60O17. The molecule has 4 aliphatic heterocycles. The Morgan fingerprint density at radius 1 is 0.540 bits per heavy atom. The van der Waals surface area contributed by atoms with E-state index in [2.05, 4.69) is 24.3 Å². The Bertz CT molecular complexity index is 1830. The van der Waals surface area contributed by atoms with E-state index in [1.54, 1.807) is 14.2 Å². The Morgan fingerprint density at radius 2 is 1.19 bits per heavy atom. The van der Waals surface area contributed by atoms with E-state index in [-0.39, 0.29) is 60.5 Å². The number of methoxy groups -OCH3 is 2. The first-order valence-electron chi connectivity index (χ1n) is 22.6. The standard InChI is InChI=1S/C46H60O17/c1-27(51-21-22-52-33-31-30-32-38(53-20-18-49-16-14-47-2)44(30,40(33)61-42(58-31)59-32)56-23-19-50-17-15-48-3)24-54-34-36-45(57-26-29-12-8-5-9-13-29)37-35(60-43-62-41(34)46(36,37)63-43)39(45)55-25-28-10-6-4-7-11-28/h4-13,27,30-43H,14-26H2,1-3H3/t27-,30?,31?,32+,33-,34-,35-,36?,37?,38?,39+,40?,41?,42?,43?,44?,45?,46?/m1/s1. The normalized spacial score (nSPS) is 42.8. The summed E-state index contributed by atoms with van der Waals surface area (Å²) in [5.41, 5.74) is 0.165. The molecule has 9 aliphatic rings. The third kappa shape index (κ3) is 7.00. The van der Waals surface area contributed by atoms with Crippen LogP contribution in [0.1, 0.15) is 18.1 Å². The fraction of sp³-hybridized carbons (Fsp3) is 0.739. The highest BCUT2D eigenvalue weighted by atomic mass is 16.9. The summed E-state index contributed by atoms with van der Waals surface area (Å²) in [6.45, 7) is 5.73. The molecule has 11 rings (SSSR count). The van der Waals surface area contributed by atoms with E-state index >= 15 is 0 Å². The predicted octanol–water partition coefficient (Wildman–Crippen LogP) is 2.39. The van der Waals surface area contributed by atoms with Crippen LogP contribution in [0.2, 0.25) is 0 Å². The number of benzene rings is 2. The lowest BCUT2D eigenvalue weighted by Gasteiger charge is -2.83. The Labute approximate surface area is 367 Å². The lowest BCUT2D eigenvalue weighted by molar-refractivity contribution is -0.526. The molecule has 5 bridgehead atoms. The van der Waals surface area contributed by atoms with Crippen molar-refractivity contribution in [1.82, 2.24) is 0 Å². The van der Waals surface area contributed by atoms with Crippen molar-refractivity contribution >= 4 is 0 Å². The van der Waals surface area contributed by atoms with Crippen molar-refractivity contribution in [3.8, 4) is 0 Å². The number of rotatable bonds is 28. The summed E-state index contributed by atoms with van der Waals surface area (Å²) in [6.07, 6.45) is -3.17. The van der Waals surface area contributed by atoms with Gasteiger partial charge in [0.1, 0.15) is 65.6 Å². The molecule has 17 heteroatoms. The van der Waals surface area contributed by atoms with E-state index in [0.29, 0.717) is 85.9 Å². The average molecular weight is 885 g/mol. The minimum atomic E-state index is -0.839. The van der Waals surface area contributed by atoms with Gasteiger partial charge in [-0.05, 0) is 18.1 Å². The monoisotopic (exact) mass is 884 g/mol. The molecule has 5 aliphatic carbocycles. The first kappa shape index (κ1) is 43.3. The molecule has 12 unspecified atom stereocenters. The molecule has 0 amide bonds. The Balaban J connectivity index is 0.709. The first-order chi connectivity index (χ1) is 31.0. The van der Waals surface area contributed by atoms with Crippen LogP contribution in [0.3, 0.4) is 0 Å². The summed E-state index contributed by atoms with van der Waals surface area (Å²) in [6, 6.07) is 20.4. The van der Waals surface area contributed by atoms with Crippen LogP contribution in [0.25, 0.3) is 0 Å². The molecule has 63 heavy (non-hydrogen) atoms. The molecule has 4 saturated heterocycles. The van der Waals surface area contributed by atoms with E-state index < -0.39 is 48.1 Å². The molecule has 4 heterocycles. The van der Waals surface area contributed by atoms with Crippen molar-refractivity contribution in [2.75, 3.05) is 86.9 Å². The topological polar surface area (TPSA) is 157 Å². The minimum Gasteiger partial charge on any atom is -0.382 e. The summed E-state index contributed by atoms with van der Waals surface area (Å²) < 4.78 is 106. The second kappa shape index (κ2) is 18.1. The maximum atomic E-state index is 6.97. The maximum Gasteiger partial charge on any atom is 0.273 e. The van der Waals surface area contributed by atoms with E-state index in [1.165, 1.54) is 0 Å². The van der Waals surface area contributed by atoms with Crippen LogP contribution in [0.5, 0.6) is 0 Å². The predicted molar refractivity (Wildman–Crippen MR) is 214 cm³/mol. The van der Waals surface area contributed by atoms with Gasteiger partial charge >= 0.3 is 0 Å². The molecule has 0 radical (unpaired) electrons. The first-order valence-corrected chi connectivity index (χ1v) is 22.6. The molecule has 2 aromatic carbocycles. The van der Waals surface area contributed by atoms with Crippen LogP contribution in [0, 0.1) is 17.8 Å². The summed E-state index contributed by atoms with van der Waals surface area (Å²) in [5.74, 6) is -0.263.